The normalized spacial score (nSPS) is 9.10. The standard InChI is InChI=1S/C4H9NS.C3H7NO.3C2H6S/c1-5-3-4-6-2;1-3(4)2-5;3*1-3-2/h3-5H,1-2H3;2-3H,4H2,1H3;3*1-2H3/t;3-;;;/m.1.../s1. The van der Waals surface area contributed by atoms with E-state index in [2.05, 4.69) is 5.32 Å². The average molecular weight is 363 g/mol. The summed E-state index contributed by atoms with van der Waals surface area (Å²) in [5, 5.41) is 4.85. The van der Waals surface area contributed by atoms with Gasteiger partial charge in [0.25, 0.3) is 0 Å². The zero-order valence-corrected chi connectivity index (χ0v) is 17.7. The molecule has 0 bridgehead atoms. The molecule has 0 aromatic heterocycles. The van der Waals surface area contributed by atoms with Gasteiger partial charge in [0.05, 0.1) is 6.04 Å². The SMILES string of the molecule is CNC=CSC.CSC.CSC.CSC.C[C@@H](N)C=O. The van der Waals surface area contributed by atoms with Gasteiger partial charge in [0, 0.05) is 13.2 Å². The molecule has 0 radical (unpaired) electrons. The third-order valence-corrected chi connectivity index (χ3v) is 0.994. The highest BCUT2D eigenvalue weighted by molar-refractivity contribution is 8.01. The maximum absolute atomic E-state index is 9.38. The summed E-state index contributed by atoms with van der Waals surface area (Å²) in [6, 6.07) is -0.296. The van der Waals surface area contributed by atoms with E-state index in [1.54, 1.807) is 54.0 Å². The predicted molar refractivity (Wildman–Crippen MR) is 110 cm³/mol. The van der Waals surface area contributed by atoms with Crippen LogP contribution in [-0.4, -0.2) is 63.2 Å². The van der Waals surface area contributed by atoms with Crippen LogP contribution in [0.25, 0.3) is 0 Å². The minimum Gasteiger partial charge on any atom is -0.394 e. The Hall–Kier alpha value is 0.570. The first-order valence-electron chi connectivity index (χ1n) is 5.70. The Morgan fingerprint density at radius 3 is 1.25 bits per heavy atom. The number of nitrogens with one attached hydrogen (secondary N) is 1. The Morgan fingerprint density at radius 2 is 1.20 bits per heavy atom. The molecular formula is C13H34N2OS4. The minimum atomic E-state index is -0.296. The summed E-state index contributed by atoms with van der Waals surface area (Å²) >= 11 is 6.93. The van der Waals surface area contributed by atoms with Crippen LogP contribution < -0.4 is 11.1 Å². The summed E-state index contributed by atoms with van der Waals surface area (Å²) in [6.45, 7) is 1.63. The van der Waals surface area contributed by atoms with Crippen molar-refractivity contribution in [2.24, 2.45) is 5.73 Å². The van der Waals surface area contributed by atoms with Gasteiger partial charge in [-0.25, -0.2) is 0 Å². The van der Waals surface area contributed by atoms with Crippen molar-refractivity contribution in [3.63, 3.8) is 0 Å². The summed E-state index contributed by atoms with van der Waals surface area (Å²) in [5.74, 6) is 0. The van der Waals surface area contributed by atoms with Crippen LogP contribution >= 0.6 is 47.0 Å². The van der Waals surface area contributed by atoms with E-state index in [9.17, 15) is 4.79 Å². The minimum absolute atomic E-state index is 0.296. The van der Waals surface area contributed by atoms with Crippen LogP contribution in [0.4, 0.5) is 0 Å². The molecule has 0 saturated carbocycles. The summed E-state index contributed by atoms with van der Waals surface area (Å²) in [7, 11) is 1.88. The van der Waals surface area contributed by atoms with Crippen LogP contribution in [0, 0.1) is 0 Å². The average Bonchev–Trinajstić information content (AvgIpc) is 2.40. The van der Waals surface area contributed by atoms with Gasteiger partial charge < -0.3 is 15.8 Å². The fourth-order valence-electron chi connectivity index (χ4n) is 0.136. The molecule has 0 aliphatic heterocycles. The fourth-order valence-corrected chi connectivity index (χ4v) is 0.408. The Morgan fingerprint density at radius 1 is 0.950 bits per heavy atom. The first kappa shape index (κ1) is 32.5. The van der Waals surface area contributed by atoms with E-state index in [1.807, 2.05) is 62.4 Å². The third-order valence-electron chi connectivity index (χ3n) is 0.585. The molecule has 1 atom stereocenters. The number of rotatable bonds is 3. The van der Waals surface area contributed by atoms with E-state index in [4.69, 9.17) is 5.73 Å². The van der Waals surface area contributed by atoms with E-state index in [0.717, 1.165) is 0 Å². The molecule has 0 aliphatic carbocycles. The Bertz CT molecular complexity index is 138. The molecule has 0 unspecified atom stereocenters. The lowest BCUT2D eigenvalue weighted by molar-refractivity contribution is -0.108. The van der Waals surface area contributed by atoms with Gasteiger partial charge in [-0.05, 0) is 56.1 Å². The van der Waals surface area contributed by atoms with Crippen LogP contribution in [0.1, 0.15) is 6.92 Å². The van der Waals surface area contributed by atoms with E-state index >= 15 is 0 Å². The number of nitrogens with two attached hydrogens (primary N) is 1. The molecule has 0 aliphatic rings. The third kappa shape index (κ3) is 185. The molecule has 0 saturated heterocycles. The van der Waals surface area contributed by atoms with Gasteiger partial charge in [0.15, 0.2) is 0 Å². The molecule has 0 rings (SSSR count). The second kappa shape index (κ2) is 50.4. The van der Waals surface area contributed by atoms with Crippen LogP contribution in [0.2, 0.25) is 0 Å². The van der Waals surface area contributed by atoms with Crippen LogP contribution in [0.15, 0.2) is 11.6 Å². The van der Waals surface area contributed by atoms with E-state index in [-0.39, 0.29) is 6.04 Å². The quantitative estimate of drug-likeness (QED) is 0.745. The monoisotopic (exact) mass is 362 g/mol. The zero-order valence-electron chi connectivity index (χ0n) is 14.4. The van der Waals surface area contributed by atoms with Gasteiger partial charge >= 0.3 is 0 Å². The van der Waals surface area contributed by atoms with Gasteiger partial charge in [0.1, 0.15) is 6.29 Å². The number of aldehydes is 1. The topological polar surface area (TPSA) is 55.1 Å². The van der Waals surface area contributed by atoms with Gasteiger partial charge in [-0.1, -0.05) is 0 Å². The molecule has 3 nitrogen and oxygen atoms in total. The highest BCUT2D eigenvalue weighted by Gasteiger charge is 1.79. The molecule has 0 amide bonds. The van der Waals surface area contributed by atoms with Crippen molar-refractivity contribution >= 4 is 53.3 Å². The largest absolute Gasteiger partial charge is 0.394 e. The van der Waals surface area contributed by atoms with E-state index in [1.165, 1.54) is 0 Å². The van der Waals surface area contributed by atoms with Gasteiger partial charge in [-0.15, -0.1) is 11.8 Å². The second-order valence-electron chi connectivity index (χ2n) is 3.05. The molecular weight excluding hydrogens is 328 g/mol. The summed E-state index contributed by atoms with van der Waals surface area (Å²) < 4.78 is 0. The van der Waals surface area contributed by atoms with Crippen molar-refractivity contribution in [2.75, 3.05) is 50.8 Å². The molecule has 0 fully saturated rings. The number of thioether (sulfide) groups is 4. The Kier molecular flexibility index (Phi) is 81.9. The van der Waals surface area contributed by atoms with Crippen molar-refractivity contribution in [3.8, 4) is 0 Å². The summed E-state index contributed by atoms with van der Waals surface area (Å²) in [4.78, 5) is 9.38. The van der Waals surface area contributed by atoms with Crippen molar-refractivity contribution in [1.29, 1.82) is 0 Å². The lowest BCUT2D eigenvalue weighted by Crippen LogP contribution is -2.15. The molecule has 7 heteroatoms. The van der Waals surface area contributed by atoms with Crippen LogP contribution in [-0.2, 0) is 4.79 Å². The molecule has 126 valence electrons. The van der Waals surface area contributed by atoms with E-state index in [0.29, 0.717) is 6.29 Å². The second-order valence-corrected chi connectivity index (χ2v) is 6.24. The molecule has 3 N–H and O–H groups in total. The molecule has 0 heterocycles. The maximum Gasteiger partial charge on any atom is 0.136 e. The summed E-state index contributed by atoms with van der Waals surface area (Å²) in [5.41, 5.74) is 4.92. The molecule has 0 aromatic carbocycles. The first-order valence-corrected chi connectivity index (χ1v) is 11.9. The number of hydrogen-bond acceptors (Lipinski definition) is 7. The lowest BCUT2D eigenvalue weighted by atomic mass is 10.4. The smallest absolute Gasteiger partial charge is 0.136 e. The highest BCUT2D eigenvalue weighted by Crippen LogP contribution is 1.88. The first-order chi connectivity index (χ1) is 9.43. The number of carbonyl (C=O) groups is 1. The number of carbonyl (C=O) groups excluding carboxylic acids is 1. The van der Waals surface area contributed by atoms with Crippen LogP contribution in [0.3, 0.4) is 0 Å². The van der Waals surface area contributed by atoms with Crippen molar-refractivity contribution in [2.45, 2.75) is 13.0 Å². The fraction of sp³-hybridized carbons (Fsp3) is 0.769. The lowest BCUT2D eigenvalue weighted by Gasteiger charge is -1.80. The van der Waals surface area contributed by atoms with Crippen molar-refractivity contribution < 1.29 is 4.79 Å². The maximum atomic E-state index is 9.38. The highest BCUT2D eigenvalue weighted by atomic mass is 32.2. The molecule has 20 heavy (non-hydrogen) atoms. The van der Waals surface area contributed by atoms with Gasteiger partial charge in [-0.3, -0.25) is 0 Å². The van der Waals surface area contributed by atoms with Gasteiger partial charge in [-0.2, -0.15) is 35.3 Å². The van der Waals surface area contributed by atoms with E-state index < -0.39 is 0 Å². The Balaban J connectivity index is -0.0000000488. The van der Waals surface area contributed by atoms with Crippen LogP contribution in [0.5, 0.6) is 0 Å². The molecule has 0 spiro atoms. The Labute approximate surface area is 144 Å². The van der Waals surface area contributed by atoms with Crippen molar-refractivity contribution in [1.82, 2.24) is 5.32 Å². The zero-order chi connectivity index (χ0) is 17.2. The molecule has 0 aromatic rings. The van der Waals surface area contributed by atoms with Gasteiger partial charge in [0.2, 0.25) is 0 Å². The predicted octanol–water partition coefficient (Wildman–Crippen LogP) is 3.51. The number of hydrogen-bond donors (Lipinski definition) is 2. The summed E-state index contributed by atoms with van der Waals surface area (Å²) in [6.07, 6.45) is 16.9. The van der Waals surface area contributed by atoms with Crippen molar-refractivity contribution in [3.05, 3.63) is 11.6 Å².